The number of carbonyl (C=O) groups is 1. The highest BCUT2D eigenvalue weighted by atomic mass is 16.2. The van der Waals surface area contributed by atoms with Crippen LogP contribution in [0.5, 0.6) is 0 Å². The number of carbonyl (C=O) groups excluding carboxylic acids is 1. The largest absolute Gasteiger partial charge is 0.338 e. The summed E-state index contributed by atoms with van der Waals surface area (Å²) < 4.78 is 3.82. The summed E-state index contributed by atoms with van der Waals surface area (Å²) in [6, 6.07) is 9.42. The van der Waals surface area contributed by atoms with E-state index < -0.39 is 0 Å². The minimum absolute atomic E-state index is 0.223. The number of para-hydroxylation sites is 2. The Bertz CT molecular complexity index is 837. The molecular weight excluding hydrogens is 316 g/mol. The monoisotopic (exact) mass is 338 g/mol. The number of anilines is 1. The van der Waals surface area contributed by atoms with Crippen molar-refractivity contribution >= 4 is 11.7 Å². The van der Waals surface area contributed by atoms with E-state index in [1.165, 1.54) is 0 Å². The molecule has 0 aliphatic rings. The van der Waals surface area contributed by atoms with Gasteiger partial charge in [-0.05, 0) is 38.5 Å². The Morgan fingerprint density at radius 1 is 1.24 bits per heavy atom. The molecule has 2 aromatic heterocycles. The maximum absolute atomic E-state index is 12.2. The van der Waals surface area contributed by atoms with Gasteiger partial charge in [0, 0.05) is 31.2 Å². The minimum atomic E-state index is -0.223. The Balaban J connectivity index is 1.59. The molecule has 0 aliphatic carbocycles. The quantitative estimate of drug-likeness (QED) is 0.679. The van der Waals surface area contributed by atoms with Crippen LogP contribution < -0.4 is 10.6 Å². The average Bonchev–Trinajstić information content (AvgIpc) is 3.21. The molecule has 2 amide bonds. The number of nitrogens with zero attached hydrogens (tertiary/aromatic N) is 4. The predicted molar refractivity (Wildman–Crippen MR) is 96.9 cm³/mol. The fraction of sp³-hybridized carbons (Fsp3) is 0.278. The van der Waals surface area contributed by atoms with Crippen LogP contribution in [0.2, 0.25) is 0 Å². The molecule has 3 aromatic rings. The SMILES string of the molecule is Cc1cc(C)n(-c2ccccc2NC(=O)NCCCn2ccnc2)n1. The second-order valence-electron chi connectivity index (χ2n) is 5.89. The lowest BCUT2D eigenvalue weighted by Crippen LogP contribution is -2.30. The first-order valence-corrected chi connectivity index (χ1v) is 8.27. The highest BCUT2D eigenvalue weighted by molar-refractivity contribution is 5.91. The lowest BCUT2D eigenvalue weighted by molar-refractivity contribution is 0.252. The minimum Gasteiger partial charge on any atom is -0.338 e. The summed E-state index contributed by atoms with van der Waals surface area (Å²) >= 11 is 0. The second-order valence-corrected chi connectivity index (χ2v) is 5.89. The molecule has 3 rings (SSSR count). The molecule has 7 nitrogen and oxygen atoms in total. The molecule has 0 fully saturated rings. The van der Waals surface area contributed by atoms with Gasteiger partial charge in [0.1, 0.15) is 0 Å². The highest BCUT2D eigenvalue weighted by Gasteiger charge is 2.10. The highest BCUT2D eigenvalue weighted by Crippen LogP contribution is 2.21. The second kappa shape index (κ2) is 7.65. The number of hydrogen-bond donors (Lipinski definition) is 2. The summed E-state index contributed by atoms with van der Waals surface area (Å²) in [6.07, 6.45) is 6.26. The van der Waals surface area contributed by atoms with Gasteiger partial charge in [0.15, 0.2) is 0 Å². The van der Waals surface area contributed by atoms with Crippen molar-refractivity contribution in [1.29, 1.82) is 0 Å². The van der Waals surface area contributed by atoms with Crippen molar-refractivity contribution in [2.45, 2.75) is 26.8 Å². The summed E-state index contributed by atoms with van der Waals surface area (Å²) in [7, 11) is 0. The molecule has 0 atom stereocenters. The molecule has 0 saturated carbocycles. The Kier molecular flexibility index (Phi) is 5.13. The predicted octanol–water partition coefficient (Wildman–Crippen LogP) is 2.90. The molecule has 0 radical (unpaired) electrons. The van der Waals surface area contributed by atoms with E-state index in [2.05, 4.69) is 20.7 Å². The number of amides is 2. The Labute approximate surface area is 146 Å². The van der Waals surface area contributed by atoms with Crippen molar-refractivity contribution in [2.75, 3.05) is 11.9 Å². The number of urea groups is 1. The number of hydrogen-bond acceptors (Lipinski definition) is 3. The van der Waals surface area contributed by atoms with E-state index in [0.717, 1.165) is 35.7 Å². The van der Waals surface area contributed by atoms with Gasteiger partial charge in [0.25, 0.3) is 0 Å². The number of benzene rings is 1. The Morgan fingerprint density at radius 2 is 2.08 bits per heavy atom. The van der Waals surface area contributed by atoms with Gasteiger partial charge in [0.2, 0.25) is 0 Å². The lowest BCUT2D eigenvalue weighted by atomic mass is 10.2. The van der Waals surface area contributed by atoms with Gasteiger partial charge < -0.3 is 15.2 Å². The topological polar surface area (TPSA) is 76.8 Å². The van der Waals surface area contributed by atoms with Crippen LogP contribution in [0.3, 0.4) is 0 Å². The third kappa shape index (κ3) is 4.26. The van der Waals surface area contributed by atoms with Crippen molar-refractivity contribution in [1.82, 2.24) is 24.6 Å². The van der Waals surface area contributed by atoms with Crippen LogP contribution >= 0.6 is 0 Å². The van der Waals surface area contributed by atoms with Crippen LogP contribution in [-0.2, 0) is 6.54 Å². The first kappa shape index (κ1) is 16.8. The lowest BCUT2D eigenvalue weighted by Gasteiger charge is -2.13. The maximum atomic E-state index is 12.2. The Hall–Kier alpha value is -3.09. The number of aryl methyl sites for hydroxylation is 3. The zero-order valence-electron chi connectivity index (χ0n) is 14.4. The summed E-state index contributed by atoms with van der Waals surface area (Å²) in [6.45, 7) is 5.36. The number of rotatable bonds is 6. The zero-order chi connectivity index (χ0) is 17.6. The molecule has 0 unspecified atom stereocenters. The van der Waals surface area contributed by atoms with Gasteiger partial charge >= 0.3 is 6.03 Å². The third-order valence-corrected chi connectivity index (χ3v) is 3.83. The molecule has 7 heteroatoms. The van der Waals surface area contributed by atoms with Crippen LogP contribution in [0.15, 0.2) is 49.1 Å². The third-order valence-electron chi connectivity index (χ3n) is 3.83. The zero-order valence-corrected chi connectivity index (χ0v) is 14.4. The van der Waals surface area contributed by atoms with E-state index in [1.807, 2.05) is 59.6 Å². The van der Waals surface area contributed by atoms with Crippen molar-refractivity contribution in [3.63, 3.8) is 0 Å². The van der Waals surface area contributed by atoms with Gasteiger partial charge in [0.05, 0.1) is 23.4 Å². The first-order chi connectivity index (χ1) is 12.1. The van der Waals surface area contributed by atoms with E-state index in [0.29, 0.717) is 6.54 Å². The van der Waals surface area contributed by atoms with Crippen molar-refractivity contribution < 1.29 is 4.79 Å². The van der Waals surface area contributed by atoms with Crippen molar-refractivity contribution in [3.05, 3.63) is 60.4 Å². The first-order valence-electron chi connectivity index (χ1n) is 8.27. The van der Waals surface area contributed by atoms with Crippen molar-refractivity contribution in [3.8, 4) is 5.69 Å². The van der Waals surface area contributed by atoms with Gasteiger partial charge in [-0.2, -0.15) is 5.10 Å². The van der Waals surface area contributed by atoms with E-state index in [9.17, 15) is 4.79 Å². The van der Waals surface area contributed by atoms with E-state index >= 15 is 0 Å². The van der Waals surface area contributed by atoms with Gasteiger partial charge in [-0.3, -0.25) is 0 Å². The molecule has 1 aromatic carbocycles. The summed E-state index contributed by atoms with van der Waals surface area (Å²) in [4.78, 5) is 16.2. The van der Waals surface area contributed by atoms with Crippen LogP contribution in [0.1, 0.15) is 17.8 Å². The van der Waals surface area contributed by atoms with Gasteiger partial charge in [-0.1, -0.05) is 12.1 Å². The molecule has 25 heavy (non-hydrogen) atoms. The molecule has 0 saturated heterocycles. The van der Waals surface area contributed by atoms with Crippen LogP contribution in [0.25, 0.3) is 5.69 Å². The Morgan fingerprint density at radius 3 is 2.80 bits per heavy atom. The van der Waals surface area contributed by atoms with E-state index in [1.54, 1.807) is 12.5 Å². The fourth-order valence-corrected chi connectivity index (χ4v) is 2.69. The summed E-state index contributed by atoms with van der Waals surface area (Å²) in [5.41, 5.74) is 3.53. The van der Waals surface area contributed by atoms with Crippen LogP contribution in [0, 0.1) is 13.8 Å². The standard InChI is InChI=1S/C18H22N6O/c1-14-12-15(2)24(22-14)17-7-4-3-6-16(17)21-18(25)20-8-5-10-23-11-9-19-13-23/h3-4,6-7,9,11-13H,5,8,10H2,1-2H3,(H2,20,21,25). The maximum Gasteiger partial charge on any atom is 0.319 e. The summed E-state index contributed by atoms with van der Waals surface area (Å²) in [5.74, 6) is 0. The smallest absolute Gasteiger partial charge is 0.319 e. The molecule has 0 bridgehead atoms. The number of imidazole rings is 1. The normalized spacial score (nSPS) is 10.6. The average molecular weight is 338 g/mol. The summed E-state index contributed by atoms with van der Waals surface area (Å²) in [5, 5.41) is 10.3. The van der Waals surface area contributed by atoms with Crippen LogP contribution in [0.4, 0.5) is 10.5 Å². The van der Waals surface area contributed by atoms with Crippen molar-refractivity contribution in [2.24, 2.45) is 0 Å². The van der Waals surface area contributed by atoms with E-state index in [4.69, 9.17) is 0 Å². The van der Waals surface area contributed by atoms with Crippen LogP contribution in [-0.4, -0.2) is 31.9 Å². The molecular formula is C18H22N6O. The number of aromatic nitrogens is 4. The number of nitrogens with one attached hydrogen (secondary N) is 2. The molecule has 2 N–H and O–H groups in total. The van der Waals surface area contributed by atoms with E-state index in [-0.39, 0.29) is 6.03 Å². The molecule has 0 aliphatic heterocycles. The molecule has 130 valence electrons. The fourth-order valence-electron chi connectivity index (χ4n) is 2.69. The van der Waals surface area contributed by atoms with Gasteiger partial charge in [-0.25, -0.2) is 14.5 Å². The van der Waals surface area contributed by atoms with Gasteiger partial charge in [-0.15, -0.1) is 0 Å². The molecule has 0 spiro atoms. The molecule has 2 heterocycles.